The lowest BCUT2D eigenvalue weighted by atomic mass is 9.98. The SMILES string of the molecule is CCOC(=O)[C@H](Cc1ccc(C(N)=NOC(=O)c2cccc(OC)c2-c2ccc(OC(C)=O)cc2)cc1)NC(=O)OC(C)(C)C. The maximum Gasteiger partial charge on any atom is 0.408 e. The Kier molecular flexibility index (Phi) is 11.6. The monoisotopic (exact) mass is 619 g/mol. The summed E-state index contributed by atoms with van der Waals surface area (Å²) in [7, 11) is 1.48. The van der Waals surface area contributed by atoms with Crippen LogP contribution < -0.4 is 20.5 Å². The first-order valence-corrected chi connectivity index (χ1v) is 14.1. The summed E-state index contributed by atoms with van der Waals surface area (Å²) >= 11 is 0. The molecule has 3 rings (SSSR count). The van der Waals surface area contributed by atoms with E-state index in [9.17, 15) is 19.2 Å². The summed E-state index contributed by atoms with van der Waals surface area (Å²) in [6, 6.07) is 17.1. The number of esters is 2. The number of hydrogen-bond donors (Lipinski definition) is 2. The van der Waals surface area contributed by atoms with Crippen LogP contribution in [0.4, 0.5) is 4.79 Å². The number of carbonyl (C=O) groups is 4. The van der Waals surface area contributed by atoms with E-state index in [1.807, 2.05) is 0 Å². The van der Waals surface area contributed by atoms with Gasteiger partial charge in [-0.05, 0) is 63.1 Å². The Morgan fingerprint density at radius 2 is 1.62 bits per heavy atom. The third-order valence-electron chi connectivity index (χ3n) is 6.05. The number of benzene rings is 3. The smallest absolute Gasteiger partial charge is 0.408 e. The number of nitrogens with two attached hydrogens (primary N) is 1. The molecule has 1 atom stereocenters. The second kappa shape index (κ2) is 15.4. The standard InChI is InChI=1S/C33H37N3O9/c1-7-42-31(39)26(35-32(40)44-33(3,4)5)19-21-11-13-23(14-12-21)29(34)36-45-30(38)25-9-8-10-27(41-6)28(25)22-15-17-24(18-16-22)43-20(2)37/h8-18,26H,7,19H2,1-6H3,(H2,34,36)(H,35,40)/t26-/m0/s1. The third kappa shape index (κ3) is 10.1. The van der Waals surface area contributed by atoms with Gasteiger partial charge in [-0.2, -0.15) is 0 Å². The summed E-state index contributed by atoms with van der Waals surface area (Å²) in [6.07, 6.45) is -0.612. The number of methoxy groups -OCH3 is 1. The van der Waals surface area contributed by atoms with Crippen LogP contribution in [0.15, 0.2) is 71.9 Å². The number of carbonyl (C=O) groups excluding carboxylic acids is 4. The van der Waals surface area contributed by atoms with Gasteiger partial charge in [-0.3, -0.25) is 4.79 Å². The molecule has 1 amide bonds. The molecule has 0 heterocycles. The molecule has 0 fully saturated rings. The van der Waals surface area contributed by atoms with Crippen LogP contribution in [0.5, 0.6) is 11.5 Å². The summed E-state index contributed by atoms with van der Waals surface area (Å²) in [5.41, 5.74) is 7.75. The molecule has 0 bridgehead atoms. The summed E-state index contributed by atoms with van der Waals surface area (Å²) in [4.78, 5) is 54.4. The van der Waals surface area contributed by atoms with E-state index in [2.05, 4.69) is 10.5 Å². The van der Waals surface area contributed by atoms with Gasteiger partial charge in [0.15, 0.2) is 5.84 Å². The van der Waals surface area contributed by atoms with Crippen molar-refractivity contribution >= 4 is 29.8 Å². The van der Waals surface area contributed by atoms with Gasteiger partial charge in [-0.1, -0.05) is 47.6 Å². The minimum Gasteiger partial charge on any atom is -0.496 e. The number of amides is 1. The van der Waals surface area contributed by atoms with Crippen LogP contribution >= 0.6 is 0 Å². The topological polar surface area (TPSA) is 165 Å². The molecular formula is C33H37N3O9. The largest absolute Gasteiger partial charge is 0.496 e. The molecule has 0 aliphatic heterocycles. The first-order chi connectivity index (χ1) is 21.3. The predicted octanol–water partition coefficient (Wildman–Crippen LogP) is 4.76. The number of amidine groups is 1. The molecule has 45 heavy (non-hydrogen) atoms. The number of rotatable bonds is 11. The molecule has 0 spiro atoms. The van der Waals surface area contributed by atoms with E-state index < -0.39 is 35.6 Å². The van der Waals surface area contributed by atoms with Crippen molar-refractivity contribution in [2.24, 2.45) is 10.9 Å². The van der Waals surface area contributed by atoms with Crippen LogP contribution in [-0.4, -0.2) is 55.2 Å². The van der Waals surface area contributed by atoms with Crippen molar-refractivity contribution in [2.45, 2.75) is 52.7 Å². The maximum atomic E-state index is 13.1. The average Bonchev–Trinajstić information content (AvgIpc) is 2.98. The van der Waals surface area contributed by atoms with E-state index >= 15 is 0 Å². The lowest BCUT2D eigenvalue weighted by molar-refractivity contribution is -0.145. The van der Waals surface area contributed by atoms with E-state index in [1.54, 1.807) is 94.4 Å². The molecule has 12 heteroatoms. The van der Waals surface area contributed by atoms with Gasteiger partial charge in [-0.15, -0.1) is 0 Å². The van der Waals surface area contributed by atoms with Gasteiger partial charge in [0.2, 0.25) is 0 Å². The molecule has 0 saturated carbocycles. The zero-order valence-corrected chi connectivity index (χ0v) is 26.0. The zero-order chi connectivity index (χ0) is 33.1. The molecule has 0 saturated heterocycles. The molecule has 0 aliphatic carbocycles. The Balaban J connectivity index is 1.75. The van der Waals surface area contributed by atoms with Gasteiger partial charge in [0, 0.05) is 24.5 Å². The fourth-order valence-electron chi connectivity index (χ4n) is 4.15. The number of alkyl carbamates (subject to hydrolysis) is 1. The molecule has 0 unspecified atom stereocenters. The minimum atomic E-state index is -0.979. The Labute approximate surface area is 261 Å². The fraction of sp³-hybridized carbons (Fsp3) is 0.303. The molecule has 3 N–H and O–H groups in total. The quantitative estimate of drug-likeness (QED) is 0.0763. The summed E-state index contributed by atoms with van der Waals surface area (Å²) in [5, 5.41) is 6.38. The van der Waals surface area contributed by atoms with E-state index in [-0.39, 0.29) is 24.4 Å². The molecule has 0 radical (unpaired) electrons. The van der Waals surface area contributed by atoms with Gasteiger partial charge in [-0.25, -0.2) is 14.4 Å². The van der Waals surface area contributed by atoms with Crippen LogP contribution in [0.25, 0.3) is 11.1 Å². The lowest BCUT2D eigenvalue weighted by Gasteiger charge is -2.23. The highest BCUT2D eigenvalue weighted by Gasteiger charge is 2.26. The summed E-state index contributed by atoms with van der Waals surface area (Å²) in [6.45, 7) is 8.28. The number of nitrogens with one attached hydrogen (secondary N) is 1. The van der Waals surface area contributed by atoms with Crippen LogP contribution in [0.1, 0.15) is 56.1 Å². The van der Waals surface area contributed by atoms with Crippen LogP contribution in [0, 0.1) is 0 Å². The average molecular weight is 620 g/mol. The molecule has 12 nitrogen and oxygen atoms in total. The summed E-state index contributed by atoms with van der Waals surface area (Å²) < 4.78 is 20.9. The fourth-order valence-corrected chi connectivity index (χ4v) is 4.15. The van der Waals surface area contributed by atoms with Crippen LogP contribution in [0.3, 0.4) is 0 Å². The molecular weight excluding hydrogens is 582 g/mol. The highest BCUT2D eigenvalue weighted by Crippen LogP contribution is 2.35. The normalized spacial score (nSPS) is 12.0. The summed E-state index contributed by atoms with van der Waals surface area (Å²) in [5.74, 6) is -1.14. The predicted molar refractivity (Wildman–Crippen MR) is 166 cm³/mol. The van der Waals surface area contributed by atoms with Gasteiger partial charge in [0.1, 0.15) is 23.1 Å². The van der Waals surface area contributed by atoms with Gasteiger partial charge < -0.3 is 34.8 Å². The van der Waals surface area contributed by atoms with Gasteiger partial charge in [0.25, 0.3) is 0 Å². The van der Waals surface area contributed by atoms with E-state index in [0.29, 0.717) is 33.8 Å². The zero-order valence-electron chi connectivity index (χ0n) is 26.0. The Morgan fingerprint density at radius 3 is 2.20 bits per heavy atom. The molecule has 0 aliphatic rings. The van der Waals surface area contributed by atoms with Crippen molar-refractivity contribution < 1.29 is 43.0 Å². The second-order valence-electron chi connectivity index (χ2n) is 10.7. The maximum absolute atomic E-state index is 13.1. The Hall–Kier alpha value is -5.39. The van der Waals surface area contributed by atoms with Crippen molar-refractivity contribution in [1.29, 1.82) is 0 Å². The first kappa shape index (κ1) is 34.1. The first-order valence-electron chi connectivity index (χ1n) is 14.1. The van der Waals surface area contributed by atoms with Gasteiger partial charge in [0.05, 0.1) is 19.3 Å². The van der Waals surface area contributed by atoms with E-state index in [1.165, 1.54) is 14.0 Å². The molecule has 3 aromatic rings. The Bertz CT molecular complexity index is 1540. The van der Waals surface area contributed by atoms with Crippen molar-refractivity contribution in [3.8, 4) is 22.6 Å². The van der Waals surface area contributed by atoms with Crippen molar-refractivity contribution in [2.75, 3.05) is 13.7 Å². The number of ether oxygens (including phenoxy) is 4. The lowest BCUT2D eigenvalue weighted by Crippen LogP contribution is -2.45. The van der Waals surface area contributed by atoms with Crippen LogP contribution in [0.2, 0.25) is 0 Å². The Morgan fingerprint density at radius 1 is 0.956 bits per heavy atom. The van der Waals surface area contributed by atoms with E-state index in [4.69, 9.17) is 29.5 Å². The van der Waals surface area contributed by atoms with Crippen molar-refractivity contribution in [3.05, 3.63) is 83.4 Å². The third-order valence-corrected chi connectivity index (χ3v) is 6.05. The number of nitrogens with zero attached hydrogens (tertiary/aromatic N) is 1. The van der Waals surface area contributed by atoms with E-state index in [0.717, 1.165) is 0 Å². The van der Waals surface area contributed by atoms with Crippen molar-refractivity contribution in [1.82, 2.24) is 5.32 Å². The number of hydrogen-bond acceptors (Lipinski definition) is 10. The molecule has 3 aromatic carbocycles. The van der Waals surface area contributed by atoms with Gasteiger partial charge >= 0.3 is 24.0 Å². The van der Waals surface area contributed by atoms with Crippen molar-refractivity contribution in [3.63, 3.8) is 0 Å². The minimum absolute atomic E-state index is 0.0705. The number of oxime groups is 1. The molecule has 238 valence electrons. The highest BCUT2D eigenvalue weighted by atomic mass is 16.7. The highest BCUT2D eigenvalue weighted by molar-refractivity contribution is 6.01. The second-order valence-corrected chi connectivity index (χ2v) is 10.7. The van der Waals surface area contributed by atoms with Crippen LogP contribution in [-0.2, 0) is 30.3 Å². The molecule has 0 aromatic heterocycles.